The van der Waals surface area contributed by atoms with Crippen molar-refractivity contribution in [1.29, 1.82) is 0 Å². The standard InChI is InChI=1S/C24H37N/c1-8-9-10-12-19(4)24-14-11-13-23(22(24)7)17-21(6)25-20(5)16-15-18(2)3/h11,13-14,21,25H,2,4-5,8-10,12,15-17H2,1,3,6-7H3. The third kappa shape index (κ3) is 7.77. The molecule has 1 unspecified atom stereocenters. The fourth-order valence-electron chi connectivity index (χ4n) is 3.18. The number of rotatable bonds is 12. The van der Waals surface area contributed by atoms with Gasteiger partial charge in [0.2, 0.25) is 0 Å². The molecule has 1 aromatic rings. The number of unbranched alkanes of at least 4 members (excludes halogenated alkanes) is 2. The van der Waals surface area contributed by atoms with Gasteiger partial charge in [0.1, 0.15) is 0 Å². The highest BCUT2D eigenvalue weighted by atomic mass is 14.9. The lowest BCUT2D eigenvalue weighted by molar-refractivity contribution is 0.591. The molecule has 1 heteroatoms. The molecule has 0 aliphatic rings. The van der Waals surface area contributed by atoms with Crippen molar-refractivity contribution in [1.82, 2.24) is 5.32 Å². The zero-order chi connectivity index (χ0) is 18.8. The Labute approximate surface area is 155 Å². The van der Waals surface area contributed by atoms with Crippen molar-refractivity contribution >= 4 is 5.57 Å². The summed E-state index contributed by atoms with van der Waals surface area (Å²) in [5.74, 6) is 0. The zero-order valence-corrected chi connectivity index (χ0v) is 16.9. The fraction of sp³-hybridized carbons (Fsp3) is 0.500. The molecule has 1 atom stereocenters. The zero-order valence-electron chi connectivity index (χ0n) is 16.9. The molecule has 0 fully saturated rings. The highest BCUT2D eigenvalue weighted by molar-refractivity contribution is 5.67. The van der Waals surface area contributed by atoms with E-state index in [9.17, 15) is 0 Å². The summed E-state index contributed by atoms with van der Waals surface area (Å²) in [6, 6.07) is 7.01. The molecule has 0 saturated carbocycles. The third-order valence-electron chi connectivity index (χ3n) is 4.74. The summed E-state index contributed by atoms with van der Waals surface area (Å²) in [4.78, 5) is 0. The lowest BCUT2D eigenvalue weighted by Gasteiger charge is -2.20. The molecule has 0 bridgehead atoms. The van der Waals surface area contributed by atoms with Gasteiger partial charge < -0.3 is 5.32 Å². The van der Waals surface area contributed by atoms with Crippen LogP contribution < -0.4 is 5.32 Å². The van der Waals surface area contributed by atoms with Crippen molar-refractivity contribution in [3.05, 3.63) is 65.9 Å². The van der Waals surface area contributed by atoms with Gasteiger partial charge in [-0.05, 0) is 75.1 Å². The van der Waals surface area contributed by atoms with Gasteiger partial charge in [-0.1, -0.05) is 56.7 Å². The maximum atomic E-state index is 4.33. The van der Waals surface area contributed by atoms with Crippen molar-refractivity contribution in [3.8, 4) is 0 Å². The second-order valence-electron chi connectivity index (χ2n) is 7.46. The van der Waals surface area contributed by atoms with Gasteiger partial charge in [0.05, 0.1) is 0 Å². The molecule has 1 aromatic carbocycles. The van der Waals surface area contributed by atoms with E-state index in [1.165, 1.54) is 47.1 Å². The minimum atomic E-state index is 0.375. The van der Waals surface area contributed by atoms with E-state index in [-0.39, 0.29) is 0 Å². The summed E-state index contributed by atoms with van der Waals surface area (Å²) in [6.07, 6.45) is 7.85. The van der Waals surface area contributed by atoms with Crippen LogP contribution in [0, 0.1) is 6.92 Å². The van der Waals surface area contributed by atoms with E-state index in [1.54, 1.807) is 0 Å². The number of nitrogens with one attached hydrogen (secondary N) is 1. The van der Waals surface area contributed by atoms with Crippen molar-refractivity contribution in [2.24, 2.45) is 0 Å². The van der Waals surface area contributed by atoms with Gasteiger partial charge in [-0.3, -0.25) is 0 Å². The summed E-state index contributed by atoms with van der Waals surface area (Å²) in [5, 5.41) is 3.54. The molecule has 0 amide bonds. The SMILES string of the molecule is C=C(C)CCC(=C)NC(C)Cc1cccc(C(=C)CCCCC)c1C. The second kappa shape index (κ2) is 11.0. The van der Waals surface area contributed by atoms with Crippen LogP contribution in [-0.4, -0.2) is 6.04 Å². The number of hydrogen-bond acceptors (Lipinski definition) is 1. The summed E-state index contributed by atoms with van der Waals surface area (Å²) in [7, 11) is 0. The lowest BCUT2D eigenvalue weighted by atomic mass is 9.92. The lowest BCUT2D eigenvalue weighted by Crippen LogP contribution is -2.27. The Morgan fingerprint density at radius 2 is 1.80 bits per heavy atom. The van der Waals surface area contributed by atoms with E-state index in [1.807, 2.05) is 0 Å². The number of benzene rings is 1. The Morgan fingerprint density at radius 3 is 2.44 bits per heavy atom. The summed E-state index contributed by atoms with van der Waals surface area (Å²) >= 11 is 0. The molecule has 25 heavy (non-hydrogen) atoms. The van der Waals surface area contributed by atoms with E-state index in [2.05, 4.69) is 70.9 Å². The van der Waals surface area contributed by atoms with E-state index in [0.29, 0.717) is 6.04 Å². The first-order valence-electron chi connectivity index (χ1n) is 9.70. The molecular weight excluding hydrogens is 302 g/mol. The van der Waals surface area contributed by atoms with E-state index in [0.717, 1.165) is 31.4 Å². The first kappa shape index (κ1) is 21.3. The van der Waals surface area contributed by atoms with Crippen LogP contribution >= 0.6 is 0 Å². The van der Waals surface area contributed by atoms with Crippen LogP contribution in [0.5, 0.6) is 0 Å². The maximum Gasteiger partial charge on any atom is 0.0270 e. The molecule has 0 aromatic heterocycles. The third-order valence-corrected chi connectivity index (χ3v) is 4.74. The Morgan fingerprint density at radius 1 is 1.08 bits per heavy atom. The fourth-order valence-corrected chi connectivity index (χ4v) is 3.18. The Bertz CT molecular complexity index is 594. The van der Waals surface area contributed by atoms with Gasteiger partial charge in [-0.2, -0.15) is 0 Å². The smallest absolute Gasteiger partial charge is 0.0270 e. The van der Waals surface area contributed by atoms with Gasteiger partial charge >= 0.3 is 0 Å². The van der Waals surface area contributed by atoms with Crippen LogP contribution in [0.15, 0.2) is 49.2 Å². The Balaban J connectivity index is 2.66. The first-order chi connectivity index (χ1) is 11.8. The predicted octanol–water partition coefficient (Wildman–Crippen LogP) is 6.98. The van der Waals surface area contributed by atoms with Gasteiger partial charge in [-0.15, -0.1) is 6.58 Å². The number of allylic oxidation sites excluding steroid dienone is 3. The average Bonchev–Trinajstić information content (AvgIpc) is 2.55. The van der Waals surface area contributed by atoms with E-state index in [4.69, 9.17) is 0 Å². The largest absolute Gasteiger partial charge is 0.386 e. The molecule has 138 valence electrons. The van der Waals surface area contributed by atoms with Crippen molar-refractivity contribution in [3.63, 3.8) is 0 Å². The Kier molecular flexibility index (Phi) is 9.34. The van der Waals surface area contributed by atoms with Crippen LogP contribution in [0.25, 0.3) is 5.57 Å². The molecule has 1 nitrogen and oxygen atoms in total. The molecule has 0 spiro atoms. The molecule has 0 radical (unpaired) electrons. The quantitative estimate of drug-likeness (QED) is 0.320. The van der Waals surface area contributed by atoms with Crippen LogP contribution in [0.3, 0.4) is 0 Å². The van der Waals surface area contributed by atoms with Crippen molar-refractivity contribution in [2.75, 3.05) is 0 Å². The normalized spacial score (nSPS) is 11.8. The maximum absolute atomic E-state index is 4.33. The summed E-state index contributed by atoms with van der Waals surface area (Å²) in [5.41, 5.74) is 7.71. The molecular formula is C24H37N. The minimum absolute atomic E-state index is 0.375. The minimum Gasteiger partial charge on any atom is -0.386 e. The van der Waals surface area contributed by atoms with Crippen LogP contribution in [-0.2, 0) is 6.42 Å². The summed E-state index contributed by atoms with van der Waals surface area (Å²) in [6.45, 7) is 21.2. The van der Waals surface area contributed by atoms with E-state index >= 15 is 0 Å². The molecule has 0 saturated heterocycles. The highest BCUT2D eigenvalue weighted by Crippen LogP contribution is 2.25. The first-order valence-corrected chi connectivity index (χ1v) is 9.70. The van der Waals surface area contributed by atoms with Crippen LogP contribution in [0.1, 0.15) is 76.0 Å². The van der Waals surface area contributed by atoms with Crippen LogP contribution in [0.2, 0.25) is 0 Å². The highest BCUT2D eigenvalue weighted by Gasteiger charge is 2.10. The summed E-state index contributed by atoms with van der Waals surface area (Å²) < 4.78 is 0. The molecule has 0 aliphatic heterocycles. The van der Waals surface area contributed by atoms with Crippen molar-refractivity contribution < 1.29 is 0 Å². The molecule has 1 N–H and O–H groups in total. The van der Waals surface area contributed by atoms with Gasteiger partial charge in [-0.25, -0.2) is 0 Å². The van der Waals surface area contributed by atoms with Gasteiger partial charge in [0, 0.05) is 11.7 Å². The Hall–Kier alpha value is -1.76. The van der Waals surface area contributed by atoms with E-state index < -0.39 is 0 Å². The second-order valence-corrected chi connectivity index (χ2v) is 7.46. The molecule has 0 aliphatic carbocycles. The van der Waals surface area contributed by atoms with Gasteiger partial charge in [0.25, 0.3) is 0 Å². The topological polar surface area (TPSA) is 12.0 Å². The molecule has 1 rings (SSSR count). The number of hydrogen-bond donors (Lipinski definition) is 1. The average molecular weight is 340 g/mol. The molecule has 0 heterocycles. The van der Waals surface area contributed by atoms with Gasteiger partial charge in [0.15, 0.2) is 0 Å². The van der Waals surface area contributed by atoms with Crippen LogP contribution in [0.4, 0.5) is 0 Å². The van der Waals surface area contributed by atoms with Crippen molar-refractivity contribution in [2.45, 2.75) is 78.7 Å². The monoisotopic (exact) mass is 339 g/mol. The predicted molar refractivity (Wildman–Crippen MR) is 114 cm³/mol.